The van der Waals surface area contributed by atoms with Crippen LogP contribution in [0.4, 0.5) is 10.5 Å². The van der Waals surface area contributed by atoms with Gasteiger partial charge in [0.15, 0.2) is 11.5 Å². The van der Waals surface area contributed by atoms with Crippen molar-refractivity contribution in [3.8, 4) is 11.5 Å². The van der Waals surface area contributed by atoms with Crippen LogP contribution in [0, 0.1) is 13.8 Å². The van der Waals surface area contributed by atoms with Crippen LogP contribution in [0.2, 0.25) is 5.02 Å². The first-order chi connectivity index (χ1) is 18.2. The predicted molar refractivity (Wildman–Crippen MR) is 151 cm³/mol. The van der Waals surface area contributed by atoms with Gasteiger partial charge in [0.25, 0.3) is 11.1 Å². The molecule has 1 saturated heterocycles. The summed E-state index contributed by atoms with van der Waals surface area (Å²) in [5.41, 5.74) is 4.25. The van der Waals surface area contributed by atoms with Gasteiger partial charge in [-0.1, -0.05) is 41.9 Å². The summed E-state index contributed by atoms with van der Waals surface area (Å²) in [5, 5.41) is 2.86. The second-order valence-corrected chi connectivity index (χ2v) is 10.0. The highest BCUT2D eigenvalue weighted by Crippen LogP contribution is 2.35. The highest BCUT2D eigenvalue weighted by molar-refractivity contribution is 8.18. The minimum atomic E-state index is -0.521. The van der Waals surface area contributed by atoms with E-state index in [0.717, 1.165) is 33.4 Å². The molecule has 0 spiro atoms. The van der Waals surface area contributed by atoms with Gasteiger partial charge < -0.3 is 14.8 Å². The van der Waals surface area contributed by atoms with Gasteiger partial charge in [-0.25, -0.2) is 0 Å². The number of rotatable bonds is 9. The number of thioether (sulfide) groups is 1. The van der Waals surface area contributed by atoms with Crippen molar-refractivity contribution < 1.29 is 23.9 Å². The van der Waals surface area contributed by atoms with Gasteiger partial charge in [0.1, 0.15) is 13.2 Å². The number of carbonyl (C=O) groups is 3. The van der Waals surface area contributed by atoms with Crippen LogP contribution in [0.25, 0.3) is 6.08 Å². The molecule has 3 amide bonds. The van der Waals surface area contributed by atoms with E-state index in [1.807, 2.05) is 51.1 Å². The number of ether oxygens (including phenoxy) is 2. The average molecular weight is 551 g/mol. The largest absolute Gasteiger partial charge is 0.490 e. The fourth-order valence-electron chi connectivity index (χ4n) is 3.72. The summed E-state index contributed by atoms with van der Waals surface area (Å²) < 4.78 is 11.7. The van der Waals surface area contributed by atoms with E-state index in [4.69, 9.17) is 21.1 Å². The first-order valence-electron chi connectivity index (χ1n) is 12.0. The molecule has 3 aromatic carbocycles. The maximum Gasteiger partial charge on any atom is 0.294 e. The van der Waals surface area contributed by atoms with Crippen molar-refractivity contribution in [3.05, 3.63) is 92.8 Å². The lowest BCUT2D eigenvalue weighted by atomic mass is 10.1. The quantitative estimate of drug-likeness (QED) is 0.302. The number of imide groups is 1. The van der Waals surface area contributed by atoms with Crippen LogP contribution >= 0.6 is 23.4 Å². The third kappa shape index (κ3) is 6.57. The maximum atomic E-state index is 12.9. The van der Waals surface area contributed by atoms with E-state index in [-0.39, 0.29) is 18.1 Å². The molecule has 0 unspecified atom stereocenters. The van der Waals surface area contributed by atoms with Gasteiger partial charge in [0.2, 0.25) is 5.91 Å². The van der Waals surface area contributed by atoms with Crippen molar-refractivity contribution in [1.82, 2.24) is 4.90 Å². The van der Waals surface area contributed by atoms with Crippen LogP contribution in [0.1, 0.15) is 29.2 Å². The Morgan fingerprint density at radius 3 is 2.53 bits per heavy atom. The van der Waals surface area contributed by atoms with Crippen molar-refractivity contribution in [2.24, 2.45) is 0 Å². The van der Waals surface area contributed by atoms with Gasteiger partial charge in [0.05, 0.1) is 11.5 Å². The van der Waals surface area contributed by atoms with Gasteiger partial charge in [-0.05, 0) is 85.6 Å². The molecule has 0 radical (unpaired) electrons. The Morgan fingerprint density at radius 1 is 1.00 bits per heavy atom. The fourth-order valence-corrected chi connectivity index (χ4v) is 4.75. The van der Waals surface area contributed by atoms with Gasteiger partial charge in [-0.2, -0.15) is 0 Å². The van der Waals surface area contributed by atoms with Crippen molar-refractivity contribution in [1.29, 1.82) is 0 Å². The number of nitrogens with one attached hydrogen (secondary N) is 1. The first-order valence-corrected chi connectivity index (χ1v) is 13.2. The summed E-state index contributed by atoms with van der Waals surface area (Å²) >= 11 is 7.02. The third-order valence-corrected chi connectivity index (χ3v) is 7.15. The second-order valence-electron chi connectivity index (χ2n) is 8.63. The van der Waals surface area contributed by atoms with Gasteiger partial charge in [0, 0.05) is 16.3 Å². The maximum absolute atomic E-state index is 12.9. The van der Waals surface area contributed by atoms with E-state index >= 15 is 0 Å². The Balaban J connectivity index is 1.45. The first kappa shape index (κ1) is 27.3. The Morgan fingerprint density at radius 2 is 1.79 bits per heavy atom. The van der Waals surface area contributed by atoms with Crippen LogP contribution in [0.5, 0.6) is 11.5 Å². The smallest absolute Gasteiger partial charge is 0.294 e. The molecule has 9 heteroatoms. The van der Waals surface area contributed by atoms with Gasteiger partial charge in [-0.15, -0.1) is 0 Å². The number of halogens is 1. The molecule has 0 atom stereocenters. The summed E-state index contributed by atoms with van der Waals surface area (Å²) in [6.45, 7) is 6.10. The number of hydrogen-bond acceptors (Lipinski definition) is 6. The monoisotopic (exact) mass is 550 g/mol. The van der Waals surface area contributed by atoms with Crippen molar-refractivity contribution in [3.63, 3.8) is 0 Å². The Bertz CT molecular complexity index is 1420. The molecule has 1 aliphatic heterocycles. The van der Waals surface area contributed by atoms with Gasteiger partial charge in [-0.3, -0.25) is 19.3 Å². The zero-order valence-corrected chi connectivity index (χ0v) is 22.8. The van der Waals surface area contributed by atoms with E-state index in [0.29, 0.717) is 34.4 Å². The Labute approximate surface area is 230 Å². The summed E-state index contributed by atoms with van der Waals surface area (Å²) in [5.74, 6) is 0.0584. The number of nitrogens with zero attached hydrogens (tertiary/aromatic N) is 1. The van der Waals surface area contributed by atoms with E-state index in [1.165, 1.54) is 0 Å². The topological polar surface area (TPSA) is 84.9 Å². The average Bonchev–Trinajstić information content (AvgIpc) is 3.14. The number of hydrogen-bond donors (Lipinski definition) is 1. The van der Waals surface area contributed by atoms with Crippen molar-refractivity contribution in [2.75, 3.05) is 18.5 Å². The number of benzene rings is 3. The van der Waals surface area contributed by atoms with E-state index in [1.54, 1.807) is 36.4 Å². The number of amides is 3. The van der Waals surface area contributed by atoms with Crippen LogP contribution < -0.4 is 14.8 Å². The van der Waals surface area contributed by atoms with Crippen molar-refractivity contribution >= 4 is 52.2 Å². The molecule has 0 bridgehead atoms. The molecule has 1 heterocycles. The van der Waals surface area contributed by atoms with E-state index in [2.05, 4.69) is 5.32 Å². The molecule has 3 aromatic rings. The molecule has 196 valence electrons. The molecule has 1 fully saturated rings. The zero-order chi connectivity index (χ0) is 27.2. The Hall–Kier alpha value is -3.75. The lowest BCUT2D eigenvalue weighted by Crippen LogP contribution is -2.36. The molecule has 7 nitrogen and oxygen atoms in total. The predicted octanol–water partition coefficient (Wildman–Crippen LogP) is 6.61. The molecular formula is C29H27ClN2O5S. The molecule has 38 heavy (non-hydrogen) atoms. The fraction of sp³-hybridized carbons (Fsp3) is 0.207. The molecule has 1 N–H and O–H groups in total. The van der Waals surface area contributed by atoms with Crippen molar-refractivity contribution in [2.45, 2.75) is 27.4 Å². The lowest BCUT2D eigenvalue weighted by Gasteiger charge is -2.14. The Kier molecular flexibility index (Phi) is 8.76. The lowest BCUT2D eigenvalue weighted by molar-refractivity contribution is -0.127. The summed E-state index contributed by atoms with van der Waals surface area (Å²) in [7, 11) is 0. The highest BCUT2D eigenvalue weighted by atomic mass is 35.5. The minimum absolute atomic E-state index is 0.223. The van der Waals surface area contributed by atoms with E-state index in [9.17, 15) is 14.4 Å². The summed E-state index contributed by atoms with van der Waals surface area (Å²) in [6.07, 6.45) is 1.60. The minimum Gasteiger partial charge on any atom is -0.490 e. The summed E-state index contributed by atoms with van der Waals surface area (Å²) in [6, 6.07) is 18.2. The third-order valence-electron chi connectivity index (χ3n) is 5.87. The molecule has 0 saturated carbocycles. The molecule has 1 aliphatic rings. The number of anilines is 1. The van der Waals surface area contributed by atoms with Crippen LogP contribution in [-0.2, 0) is 16.2 Å². The highest BCUT2D eigenvalue weighted by Gasteiger charge is 2.36. The van der Waals surface area contributed by atoms with Gasteiger partial charge >= 0.3 is 0 Å². The van der Waals surface area contributed by atoms with Crippen LogP contribution in [0.15, 0.2) is 65.6 Å². The molecule has 4 rings (SSSR count). The second kappa shape index (κ2) is 12.2. The molecule has 0 aliphatic carbocycles. The molecule has 0 aromatic heterocycles. The van der Waals surface area contributed by atoms with E-state index < -0.39 is 17.1 Å². The standard InChI is InChI=1S/C29H27ClN2O5S/c1-4-36-25-14-20(10-12-24(25)37-17-21-7-5-6-8-23(21)30)15-26-28(34)32(29(35)38-26)16-27(33)31-22-11-9-18(2)19(3)13-22/h5-15H,4,16-17H2,1-3H3,(H,31,33)/b26-15+. The number of carbonyl (C=O) groups excluding carboxylic acids is 3. The number of aryl methyl sites for hydroxylation is 2. The zero-order valence-electron chi connectivity index (χ0n) is 21.2. The molecular weight excluding hydrogens is 524 g/mol. The summed E-state index contributed by atoms with van der Waals surface area (Å²) in [4.78, 5) is 39.2. The normalized spacial score (nSPS) is 14.2. The SMILES string of the molecule is CCOc1cc(/C=C2/SC(=O)N(CC(=O)Nc3ccc(C)c(C)c3)C2=O)ccc1OCc1ccccc1Cl. The van der Waals surface area contributed by atoms with Crippen LogP contribution in [-0.4, -0.2) is 35.1 Å². The van der Waals surface area contributed by atoms with Crippen LogP contribution in [0.3, 0.4) is 0 Å².